The monoisotopic (exact) mass is 728 g/mol. The van der Waals surface area contributed by atoms with Crippen molar-refractivity contribution < 1.29 is 4.42 Å². The average molecular weight is 729 g/mol. The second-order valence-electron chi connectivity index (χ2n) is 14.5. The quantitative estimate of drug-likeness (QED) is 0.163. The van der Waals surface area contributed by atoms with Gasteiger partial charge >= 0.3 is 0 Å². The molecule has 0 fully saturated rings. The molecule has 0 aliphatic heterocycles. The maximum Gasteiger partial charge on any atom is 0.143 e. The summed E-state index contributed by atoms with van der Waals surface area (Å²) in [6.45, 7) is 0. The van der Waals surface area contributed by atoms with Crippen molar-refractivity contribution >= 4 is 60.8 Å². The molecule has 9 aromatic carbocycles. The molecule has 57 heavy (non-hydrogen) atoms. The Kier molecular flexibility index (Phi) is 7.82. The van der Waals surface area contributed by atoms with E-state index < -0.39 is 0 Å². The van der Waals surface area contributed by atoms with Crippen LogP contribution >= 0.6 is 0 Å². The van der Waals surface area contributed by atoms with Crippen LogP contribution in [-0.4, -0.2) is 4.57 Å². The lowest BCUT2D eigenvalue weighted by atomic mass is 9.96. The van der Waals surface area contributed by atoms with Crippen LogP contribution in [-0.2, 0) is 0 Å². The lowest BCUT2D eigenvalue weighted by Gasteiger charge is -2.28. The number of rotatable bonds is 7. The van der Waals surface area contributed by atoms with Crippen LogP contribution in [0.1, 0.15) is 0 Å². The topological polar surface area (TPSA) is 21.3 Å². The standard InChI is InChI=1S/C54H36N2O/c1-4-17-37(18-5-1)39-31-33-45(47-26-16-27-48-46-25-12-15-30-53(46)57-54(47)48)51(35-39)56-50-29-14-11-24-43(50)44-34-32-41(36-52(44)56)55(40-21-8-3-9-22-40)49-28-13-10-23-42(49)38-19-6-2-7-20-38/h1-36H. The number of hydrogen-bond acceptors (Lipinski definition) is 2. The van der Waals surface area contributed by atoms with Crippen molar-refractivity contribution in [2.24, 2.45) is 0 Å². The Bertz CT molecular complexity index is 3230. The molecule has 2 aromatic heterocycles. The molecule has 0 atom stereocenters. The summed E-state index contributed by atoms with van der Waals surface area (Å²) in [6.07, 6.45) is 0. The van der Waals surface area contributed by atoms with E-state index in [-0.39, 0.29) is 0 Å². The van der Waals surface area contributed by atoms with Crippen LogP contribution in [0.15, 0.2) is 223 Å². The summed E-state index contributed by atoms with van der Waals surface area (Å²) in [7, 11) is 0. The van der Waals surface area contributed by atoms with Crippen molar-refractivity contribution in [1.29, 1.82) is 0 Å². The van der Waals surface area contributed by atoms with E-state index in [9.17, 15) is 0 Å². The van der Waals surface area contributed by atoms with Crippen LogP contribution in [0.4, 0.5) is 17.1 Å². The van der Waals surface area contributed by atoms with E-state index in [1.807, 2.05) is 6.07 Å². The van der Waals surface area contributed by atoms with Crippen molar-refractivity contribution in [3.63, 3.8) is 0 Å². The van der Waals surface area contributed by atoms with Crippen LogP contribution < -0.4 is 4.90 Å². The first-order valence-corrected chi connectivity index (χ1v) is 19.4. The van der Waals surface area contributed by atoms with Crippen molar-refractivity contribution in [2.45, 2.75) is 0 Å². The van der Waals surface area contributed by atoms with E-state index in [2.05, 4.69) is 222 Å². The van der Waals surface area contributed by atoms with Crippen molar-refractivity contribution in [3.8, 4) is 39.1 Å². The maximum atomic E-state index is 6.68. The molecule has 0 aliphatic rings. The van der Waals surface area contributed by atoms with Crippen molar-refractivity contribution in [3.05, 3.63) is 218 Å². The Labute approximate surface area is 330 Å². The number of fused-ring (bicyclic) bond motifs is 6. The van der Waals surface area contributed by atoms with Gasteiger partial charge in [-0.3, -0.25) is 0 Å². The summed E-state index contributed by atoms with van der Waals surface area (Å²) in [4.78, 5) is 2.39. The van der Waals surface area contributed by atoms with Gasteiger partial charge in [0.2, 0.25) is 0 Å². The molecular formula is C54H36N2O. The van der Waals surface area contributed by atoms with E-state index in [0.29, 0.717) is 0 Å². The second kappa shape index (κ2) is 13.6. The predicted octanol–water partition coefficient (Wildman–Crippen LogP) is 15.2. The van der Waals surface area contributed by atoms with Gasteiger partial charge in [-0.2, -0.15) is 0 Å². The fourth-order valence-electron chi connectivity index (χ4n) is 8.61. The molecule has 0 saturated heterocycles. The molecule has 0 unspecified atom stereocenters. The SMILES string of the molecule is c1ccc(-c2ccc(-c3cccc4c3oc3ccccc34)c(-n3c4ccccc4c4ccc(N(c5ccccc5)c5ccccc5-c5ccccc5)cc43)c2)cc1. The zero-order chi connectivity index (χ0) is 37.7. The molecule has 0 spiro atoms. The smallest absolute Gasteiger partial charge is 0.143 e. The highest BCUT2D eigenvalue weighted by Gasteiger charge is 2.22. The summed E-state index contributed by atoms with van der Waals surface area (Å²) < 4.78 is 9.14. The van der Waals surface area contributed by atoms with E-state index in [4.69, 9.17) is 4.42 Å². The third-order valence-electron chi connectivity index (χ3n) is 11.2. The first-order valence-electron chi connectivity index (χ1n) is 19.4. The van der Waals surface area contributed by atoms with Crippen LogP contribution in [0.25, 0.3) is 82.8 Å². The Hall–Kier alpha value is -7.62. The van der Waals surface area contributed by atoms with Gasteiger partial charge < -0.3 is 13.9 Å². The van der Waals surface area contributed by atoms with E-state index in [0.717, 1.165) is 72.4 Å². The normalized spacial score (nSPS) is 11.5. The number of nitrogens with zero attached hydrogens (tertiary/aromatic N) is 2. The van der Waals surface area contributed by atoms with Gasteiger partial charge in [-0.05, 0) is 65.2 Å². The van der Waals surface area contributed by atoms with Crippen molar-refractivity contribution in [1.82, 2.24) is 4.57 Å². The summed E-state index contributed by atoms with van der Waals surface area (Å²) >= 11 is 0. The Morgan fingerprint density at radius 3 is 1.81 bits per heavy atom. The molecular weight excluding hydrogens is 693 g/mol. The molecule has 0 bridgehead atoms. The molecule has 11 aromatic rings. The molecule has 0 amide bonds. The molecule has 0 N–H and O–H groups in total. The third-order valence-corrected chi connectivity index (χ3v) is 11.2. The minimum Gasteiger partial charge on any atom is -0.455 e. The maximum absolute atomic E-state index is 6.68. The Morgan fingerprint density at radius 2 is 0.982 bits per heavy atom. The van der Waals surface area contributed by atoms with Crippen LogP contribution in [0, 0.1) is 0 Å². The van der Waals surface area contributed by atoms with Gasteiger partial charge in [0.15, 0.2) is 0 Å². The van der Waals surface area contributed by atoms with Crippen LogP contribution in [0.3, 0.4) is 0 Å². The van der Waals surface area contributed by atoms with E-state index in [1.165, 1.54) is 27.5 Å². The van der Waals surface area contributed by atoms with Gasteiger partial charge in [0.05, 0.1) is 22.4 Å². The highest BCUT2D eigenvalue weighted by molar-refractivity contribution is 6.13. The fraction of sp³-hybridized carbons (Fsp3) is 0. The van der Waals surface area contributed by atoms with Gasteiger partial charge in [-0.25, -0.2) is 0 Å². The minimum atomic E-state index is 0.890. The predicted molar refractivity (Wildman–Crippen MR) is 239 cm³/mol. The lowest BCUT2D eigenvalue weighted by molar-refractivity contribution is 0.670. The molecule has 268 valence electrons. The zero-order valence-corrected chi connectivity index (χ0v) is 31.1. The van der Waals surface area contributed by atoms with Gasteiger partial charge in [0.1, 0.15) is 11.2 Å². The fourth-order valence-corrected chi connectivity index (χ4v) is 8.61. The van der Waals surface area contributed by atoms with Gasteiger partial charge in [0, 0.05) is 49.6 Å². The molecule has 2 heterocycles. The summed E-state index contributed by atoms with van der Waals surface area (Å²) in [5.74, 6) is 0. The first-order chi connectivity index (χ1) is 28.3. The number of benzene rings is 9. The summed E-state index contributed by atoms with van der Waals surface area (Å²) in [6, 6.07) is 78.1. The highest BCUT2D eigenvalue weighted by atomic mass is 16.3. The third kappa shape index (κ3) is 5.51. The van der Waals surface area contributed by atoms with Gasteiger partial charge in [-0.1, -0.05) is 170 Å². The summed E-state index contributed by atoms with van der Waals surface area (Å²) in [5.41, 5.74) is 15.2. The summed E-state index contributed by atoms with van der Waals surface area (Å²) in [5, 5.41) is 4.63. The largest absolute Gasteiger partial charge is 0.455 e. The molecule has 0 radical (unpaired) electrons. The second-order valence-corrected chi connectivity index (χ2v) is 14.5. The Morgan fingerprint density at radius 1 is 0.351 bits per heavy atom. The number of furan rings is 1. The Balaban J connectivity index is 1.21. The molecule has 3 nitrogen and oxygen atoms in total. The molecule has 3 heteroatoms. The van der Waals surface area contributed by atoms with Crippen molar-refractivity contribution in [2.75, 3.05) is 4.90 Å². The van der Waals surface area contributed by atoms with Crippen LogP contribution in [0.5, 0.6) is 0 Å². The van der Waals surface area contributed by atoms with Gasteiger partial charge in [-0.15, -0.1) is 0 Å². The van der Waals surface area contributed by atoms with E-state index >= 15 is 0 Å². The average Bonchev–Trinajstić information content (AvgIpc) is 3.83. The zero-order valence-electron chi connectivity index (χ0n) is 31.1. The molecule has 11 rings (SSSR count). The minimum absolute atomic E-state index is 0.890. The first kappa shape index (κ1) is 32.8. The van der Waals surface area contributed by atoms with Gasteiger partial charge in [0.25, 0.3) is 0 Å². The number of para-hydroxylation sites is 5. The molecule has 0 saturated carbocycles. The lowest BCUT2D eigenvalue weighted by Crippen LogP contribution is -2.11. The van der Waals surface area contributed by atoms with E-state index in [1.54, 1.807) is 0 Å². The highest BCUT2D eigenvalue weighted by Crippen LogP contribution is 2.45. The number of hydrogen-bond donors (Lipinski definition) is 0. The van der Waals surface area contributed by atoms with Crippen LogP contribution in [0.2, 0.25) is 0 Å². The number of aromatic nitrogens is 1. The molecule has 0 aliphatic carbocycles. The number of anilines is 3.